The summed E-state index contributed by atoms with van der Waals surface area (Å²) in [6.45, 7) is 9.91. The molecule has 1 aliphatic rings. The van der Waals surface area contributed by atoms with Crippen LogP contribution in [0.2, 0.25) is 0 Å². The molecule has 1 N–H and O–H groups in total. The number of nitrogens with one attached hydrogen (secondary N) is 1. The van der Waals surface area contributed by atoms with E-state index in [1.807, 2.05) is 4.68 Å². The van der Waals surface area contributed by atoms with E-state index < -0.39 is 0 Å². The van der Waals surface area contributed by atoms with E-state index in [2.05, 4.69) is 43.1 Å². The van der Waals surface area contributed by atoms with E-state index in [4.69, 9.17) is 9.47 Å². The van der Waals surface area contributed by atoms with Gasteiger partial charge in [0.1, 0.15) is 5.69 Å². The number of likely N-dealkylation sites (N-methyl/N-ethyl adjacent to an activating group) is 2. The summed E-state index contributed by atoms with van der Waals surface area (Å²) in [4.78, 5) is 2.31. The molecule has 0 bridgehead atoms. The molecule has 6 nitrogen and oxygen atoms in total. The van der Waals surface area contributed by atoms with Gasteiger partial charge >= 0.3 is 0 Å². The second-order valence-electron chi connectivity index (χ2n) is 5.84. The van der Waals surface area contributed by atoms with Crippen molar-refractivity contribution in [3.05, 3.63) is 11.9 Å². The van der Waals surface area contributed by atoms with Gasteiger partial charge in [-0.3, -0.25) is 4.68 Å². The number of rotatable bonds is 6. The van der Waals surface area contributed by atoms with Gasteiger partial charge in [0, 0.05) is 19.1 Å². The van der Waals surface area contributed by atoms with Crippen molar-refractivity contribution in [1.82, 2.24) is 20.0 Å². The first-order valence-corrected chi connectivity index (χ1v) is 7.73. The quantitative estimate of drug-likeness (QED) is 0.861. The zero-order chi connectivity index (χ0) is 15.4. The zero-order valence-electron chi connectivity index (χ0n) is 13.8. The summed E-state index contributed by atoms with van der Waals surface area (Å²) >= 11 is 0. The standard InChI is InChI=1S/C15H28N4O2/c1-6-16-14(13-10-18(4)7-8-21-13)15-12(20-5)9-17-19(15)11(2)3/h9,11,13-14,16H,6-8,10H2,1-5H3. The van der Waals surface area contributed by atoms with Crippen molar-refractivity contribution in [2.24, 2.45) is 0 Å². The highest BCUT2D eigenvalue weighted by atomic mass is 16.5. The van der Waals surface area contributed by atoms with Gasteiger partial charge in [0.05, 0.1) is 32.1 Å². The van der Waals surface area contributed by atoms with Gasteiger partial charge in [-0.15, -0.1) is 0 Å². The molecule has 6 heteroatoms. The first kappa shape index (κ1) is 16.3. The minimum absolute atomic E-state index is 0.0811. The van der Waals surface area contributed by atoms with E-state index in [1.165, 1.54) is 0 Å². The number of hydrogen-bond acceptors (Lipinski definition) is 5. The fraction of sp³-hybridized carbons (Fsp3) is 0.800. The number of morpholine rings is 1. The number of nitrogens with zero attached hydrogens (tertiary/aromatic N) is 3. The van der Waals surface area contributed by atoms with Gasteiger partial charge in [0.15, 0.2) is 5.75 Å². The van der Waals surface area contributed by atoms with Crippen LogP contribution >= 0.6 is 0 Å². The summed E-state index contributed by atoms with van der Waals surface area (Å²) in [5, 5.41) is 8.04. The fourth-order valence-electron chi connectivity index (χ4n) is 2.86. The zero-order valence-corrected chi connectivity index (χ0v) is 13.8. The number of ether oxygens (including phenoxy) is 2. The third-order valence-corrected chi connectivity index (χ3v) is 3.89. The van der Waals surface area contributed by atoms with Gasteiger partial charge in [-0.05, 0) is 27.4 Å². The molecule has 0 saturated carbocycles. The summed E-state index contributed by atoms with van der Waals surface area (Å²) in [5.74, 6) is 0.825. The Bertz CT molecular complexity index is 447. The maximum atomic E-state index is 6.02. The van der Waals surface area contributed by atoms with E-state index in [-0.39, 0.29) is 18.2 Å². The molecule has 0 amide bonds. The maximum Gasteiger partial charge on any atom is 0.161 e. The lowest BCUT2D eigenvalue weighted by Gasteiger charge is -2.36. The monoisotopic (exact) mass is 296 g/mol. The van der Waals surface area contributed by atoms with E-state index in [1.54, 1.807) is 13.3 Å². The van der Waals surface area contributed by atoms with Crippen molar-refractivity contribution in [1.29, 1.82) is 0 Å². The molecule has 1 aromatic rings. The van der Waals surface area contributed by atoms with Crippen molar-refractivity contribution in [3.8, 4) is 5.75 Å². The van der Waals surface area contributed by atoms with Crippen molar-refractivity contribution < 1.29 is 9.47 Å². The molecule has 1 aliphatic heterocycles. The fourth-order valence-corrected chi connectivity index (χ4v) is 2.86. The Morgan fingerprint density at radius 1 is 1.52 bits per heavy atom. The van der Waals surface area contributed by atoms with Crippen LogP contribution in [-0.4, -0.2) is 61.2 Å². The summed E-state index contributed by atoms with van der Waals surface area (Å²) in [5.41, 5.74) is 1.08. The highest BCUT2D eigenvalue weighted by Crippen LogP contribution is 2.31. The second-order valence-corrected chi connectivity index (χ2v) is 5.84. The van der Waals surface area contributed by atoms with E-state index in [9.17, 15) is 0 Å². The van der Waals surface area contributed by atoms with Gasteiger partial charge in [0.2, 0.25) is 0 Å². The molecule has 0 radical (unpaired) electrons. The molecule has 21 heavy (non-hydrogen) atoms. The van der Waals surface area contributed by atoms with Crippen LogP contribution < -0.4 is 10.1 Å². The third kappa shape index (κ3) is 3.56. The molecule has 1 fully saturated rings. The molecule has 0 spiro atoms. The van der Waals surface area contributed by atoms with Crippen molar-refractivity contribution >= 4 is 0 Å². The molecule has 2 heterocycles. The lowest BCUT2D eigenvalue weighted by Crippen LogP contribution is -2.47. The largest absolute Gasteiger partial charge is 0.493 e. The van der Waals surface area contributed by atoms with E-state index in [0.29, 0.717) is 0 Å². The molecule has 120 valence electrons. The third-order valence-electron chi connectivity index (χ3n) is 3.89. The minimum Gasteiger partial charge on any atom is -0.493 e. The molecule has 2 rings (SSSR count). The highest BCUT2D eigenvalue weighted by molar-refractivity contribution is 5.30. The van der Waals surface area contributed by atoms with Crippen LogP contribution in [-0.2, 0) is 4.74 Å². The van der Waals surface area contributed by atoms with Crippen LogP contribution in [0.4, 0.5) is 0 Å². The predicted octanol–water partition coefficient (Wildman–Crippen LogP) is 1.45. The van der Waals surface area contributed by atoms with Crippen molar-refractivity contribution in [3.63, 3.8) is 0 Å². The summed E-state index contributed by atoms with van der Waals surface area (Å²) in [7, 11) is 3.83. The Labute approximate surface area is 127 Å². The number of methoxy groups -OCH3 is 1. The van der Waals surface area contributed by atoms with Crippen molar-refractivity contribution in [2.75, 3.05) is 40.4 Å². The molecule has 2 atom stereocenters. The van der Waals surface area contributed by atoms with E-state index in [0.717, 1.165) is 37.7 Å². The molecule has 1 aromatic heterocycles. The van der Waals surface area contributed by atoms with Crippen LogP contribution in [0.15, 0.2) is 6.20 Å². The van der Waals surface area contributed by atoms with Crippen LogP contribution in [0, 0.1) is 0 Å². The predicted molar refractivity (Wildman–Crippen MR) is 82.8 cm³/mol. The summed E-state index contributed by atoms with van der Waals surface area (Å²) in [6, 6.07) is 0.365. The molecular formula is C15H28N4O2. The first-order chi connectivity index (χ1) is 10.1. The Morgan fingerprint density at radius 3 is 2.86 bits per heavy atom. The van der Waals surface area contributed by atoms with Gasteiger partial charge in [-0.1, -0.05) is 6.92 Å². The first-order valence-electron chi connectivity index (χ1n) is 7.73. The summed E-state index contributed by atoms with van der Waals surface area (Å²) in [6.07, 6.45) is 1.90. The smallest absolute Gasteiger partial charge is 0.161 e. The maximum absolute atomic E-state index is 6.02. The molecule has 0 aromatic carbocycles. The summed E-state index contributed by atoms with van der Waals surface area (Å²) < 4.78 is 13.6. The Balaban J connectivity index is 2.34. The minimum atomic E-state index is 0.0811. The molecule has 0 aliphatic carbocycles. The Kier molecular flexibility index (Phi) is 5.61. The second kappa shape index (κ2) is 7.24. The molecular weight excluding hydrogens is 268 g/mol. The number of hydrogen-bond donors (Lipinski definition) is 1. The topological polar surface area (TPSA) is 51.5 Å². The van der Waals surface area contributed by atoms with Crippen LogP contribution in [0.25, 0.3) is 0 Å². The molecule has 1 saturated heterocycles. The SMILES string of the molecule is CCNC(c1c(OC)cnn1C(C)C)C1CN(C)CCO1. The van der Waals surface area contributed by atoms with Crippen LogP contribution in [0.1, 0.15) is 38.5 Å². The van der Waals surface area contributed by atoms with Gasteiger partial charge in [-0.2, -0.15) is 5.10 Å². The van der Waals surface area contributed by atoms with Crippen LogP contribution in [0.3, 0.4) is 0 Å². The average Bonchev–Trinajstić information content (AvgIpc) is 2.88. The average molecular weight is 296 g/mol. The normalized spacial score (nSPS) is 21.7. The van der Waals surface area contributed by atoms with E-state index >= 15 is 0 Å². The number of aromatic nitrogens is 2. The lowest BCUT2D eigenvalue weighted by molar-refractivity contribution is -0.0409. The van der Waals surface area contributed by atoms with Crippen LogP contribution in [0.5, 0.6) is 5.75 Å². The molecule has 2 unspecified atom stereocenters. The van der Waals surface area contributed by atoms with Gasteiger partial charge in [0.25, 0.3) is 0 Å². The van der Waals surface area contributed by atoms with Gasteiger partial charge < -0.3 is 19.7 Å². The van der Waals surface area contributed by atoms with Gasteiger partial charge in [-0.25, -0.2) is 0 Å². The highest BCUT2D eigenvalue weighted by Gasteiger charge is 2.32. The Hall–Kier alpha value is -1.11. The lowest BCUT2D eigenvalue weighted by atomic mass is 10.0. The Morgan fingerprint density at radius 2 is 2.29 bits per heavy atom. The van der Waals surface area contributed by atoms with Crippen molar-refractivity contribution in [2.45, 2.75) is 39.0 Å².